The van der Waals surface area contributed by atoms with Crippen LogP contribution in [0.1, 0.15) is 5.56 Å². The van der Waals surface area contributed by atoms with Crippen molar-refractivity contribution in [2.24, 2.45) is 0 Å². The molecular formula is C14H9F3N2S. The number of rotatable bonds is 1. The lowest BCUT2D eigenvalue weighted by Crippen LogP contribution is -2.00. The minimum Gasteiger partial charge on any atom is -0.330 e. The molecule has 0 atom stereocenters. The Morgan fingerprint density at radius 1 is 1.10 bits per heavy atom. The Kier molecular flexibility index (Phi) is 2.90. The van der Waals surface area contributed by atoms with Crippen LogP contribution >= 0.6 is 12.2 Å². The number of H-pyrrole nitrogens is 1. The fourth-order valence-corrected chi connectivity index (χ4v) is 2.53. The van der Waals surface area contributed by atoms with Crippen LogP contribution in [0.5, 0.6) is 0 Å². The Balaban J connectivity index is 2.44. The van der Waals surface area contributed by atoms with Gasteiger partial charge < -0.3 is 4.98 Å². The quantitative estimate of drug-likeness (QED) is 0.659. The van der Waals surface area contributed by atoms with Crippen molar-refractivity contribution < 1.29 is 13.2 Å². The summed E-state index contributed by atoms with van der Waals surface area (Å²) in [6.45, 7) is 1.68. The first-order valence-corrected chi connectivity index (χ1v) is 6.25. The van der Waals surface area contributed by atoms with Crippen molar-refractivity contribution in [1.82, 2.24) is 9.55 Å². The van der Waals surface area contributed by atoms with Crippen LogP contribution in [-0.2, 0) is 0 Å². The van der Waals surface area contributed by atoms with Crippen molar-refractivity contribution in [3.8, 4) is 5.69 Å². The van der Waals surface area contributed by atoms with E-state index in [1.807, 2.05) is 0 Å². The van der Waals surface area contributed by atoms with Crippen LogP contribution in [0.3, 0.4) is 0 Å². The number of aromatic nitrogens is 2. The monoisotopic (exact) mass is 294 g/mol. The minimum atomic E-state index is -0.987. The predicted octanol–water partition coefficient (Wildman–Crippen LogP) is 4.41. The highest BCUT2D eigenvalue weighted by atomic mass is 32.1. The Morgan fingerprint density at radius 2 is 1.85 bits per heavy atom. The van der Waals surface area contributed by atoms with E-state index in [1.165, 1.54) is 28.8 Å². The predicted molar refractivity (Wildman–Crippen MR) is 73.1 cm³/mol. The van der Waals surface area contributed by atoms with E-state index in [0.29, 0.717) is 16.8 Å². The van der Waals surface area contributed by atoms with Crippen LogP contribution in [-0.4, -0.2) is 9.55 Å². The summed E-state index contributed by atoms with van der Waals surface area (Å²) in [6, 6.07) is 6.50. The number of imidazole rings is 1. The van der Waals surface area contributed by atoms with Gasteiger partial charge in [0.05, 0.1) is 11.2 Å². The Hall–Kier alpha value is -2.08. The van der Waals surface area contributed by atoms with E-state index in [-0.39, 0.29) is 10.3 Å². The Labute approximate surface area is 117 Å². The molecule has 1 aromatic heterocycles. The molecule has 0 fully saturated rings. The number of halogens is 3. The molecule has 0 radical (unpaired) electrons. The van der Waals surface area contributed by atoms with Crippen LogP contribution in [0.4, 0.5) is 13.2 Å². The van der Waals surface area contributed by atoms with Crippen LogP contribution in [0.2, 0.25) is 0 Å². The van der Waals surface area contributed by atoms with Crippen molar-refractivity contribution in [2.45, 2.75) is 6.92 Å². The van der Waals surface area contributed by atoms with Gasteiger partial charge >= 0.3 is 0 Å². The normalized spacial score (nSPS) is 11.2. The number of hydrogen-bond acceptors (Lipinski definition) is 1. The zero-order valence-corrected chi connectivity index (χ0v) is 11.2. The van der Waals surface area contributed by atoms with Gasteiger partial charge in [-0.1, -0.05) is 0 Å². The van der Waals surface area contributed by atoms with Gasteiger partial charge in [-0.05, 0) is 55.0 Å². The average molecular weight is 294 g/mol. The topological polar surface area (TPSA) is 20.7 Å². The number of fused-ring (bicyclic) bond motifs is 1. The third kappa shape index (κ3) is 1.84. The number of aromatic amines is 1. The van der Waals surface area contributed by atoms with Crippen LogP contribution in [0, 0.1) is 29.1 Å². The fourth-order valence-electron chi connectivity index (χ4n) is 2.23. The molecule has 0 unspecified atom stereocenters. The highest BCUT2D eigenvalue weighted by Gasteiger charge is 2.16. The third-order valence-electron chi connectivity index (χ3n) is 3.14. The zero-order valence-electron chi connectivity index (χ0n) is 10.4. The highest BCUT2D eigenvalue weighted by Crippen LogP contribution is 2.26. The lowest BCUT2D eigenvalue weighted by molar-refractivity contribution is 0.514. The standard InChI is InChI=1S/C14H9F3N2S/c1-7-6-8(15)2-5-11(7)19-13-10(18-14(19)20)4-3-9(16)12(13)17/h2-6H,1H3,(H,18,20). The summed E-state index contributed by atoms with van der Waals surface area (Å²) in [4.78, 5) is 2.81. The van der Waals surface area contributed by atoms with Crippen molar-refractivity contribution in [2.75, 3.05) is 0 Å². The molecule has 3 aromatic rings. The summed E-state index contributed by atoms with van der Waals surface area (Å²) in [6.07, 6.45) is 0. The van der Waals surface area contributed by atoms with Gasteiger partial charge in [-0.25, -0.2) is 13.2 Å². The van der Waals surface area contributed by atoms with Gasteiger partial charge in [0.2, 0.25) is 0 Å². The van der Waals surface area contributed by atoms with Gasteiger partial charge in [-0.3, -0.25) is 4.57 Å². The summed E-state index contributed by atoms with van der Waals surface area (Å²) in [7, 11) is 0. The van der Waals surface area contributed by atoms with E-state index < -0.39 is 17.5 Å². The van der Waals surface area contributed by atoms with Crippen LogP contribution in [0.15, 0.2) is 30.3 Å². The number of hydrogen-bond donors (Lipinski definition) is 1. The molecule has 2 nitrogen and oxygen atoms in total. The molecule has 2 aromatic carbocycles. The lowest BCUT2D eigenvalue weighted by atomic mass is 10.2. The minimum absolute atomic E-state index is 0.0182. The third-order valence-corrected chi connectivity index (χ3v) is 3.42. The molecule has 6 heteroatoms. The maximum atomic E-state index is 14.0. The largest absolute Gasteiger partial charge is 0.330 e. The number of benzene rings is 2. The molecule has 0 spiro atoms. The summed E-state index contributed by atoms with van der Waals surface area (Å²) < 4.78 is 42.2. The molecule has 3 rings (SSSR count). The highest BCUT2D eigenvalue weighted by molar-refractivity contribution is 7.71. The van der Waals surface area contributed by atoms with E-state index in [4.69, 9.17) is 12.2 Å². The second-order valence-electron chi connectivity index (χ2n) is 4.45. The first-order chi connectivity index (χ1) is 9.49. The molecule has 0 aliphatic rings. The van der Waals surface area contributed by atoms with Crippen LogP contribution < -0.4 is 0 Å². The van der Waals surface area contributed by atoms with Gasteiger partial charge in [-0.15, -0.1) is 0 Å². The first-order valence-electron chi connectivity index (χ1n) is 5.84. The van der Waals surface area contributed by atoms with Gasteiger partial charge in [0, 0.05) is 0 Å². The maximum Gasteiger partial charge on any atom is 0.184 e. The molecule has 0 bridgehead atoms. The SMILES string of the molecule is Cc1cc(F)ccc1-n1c(=S)[nH]c2ccc(F)c(F)c21. The molecule has 1 heterocycles. The summed E-state index contributed by atoms with van der Waals surface area (Å²) >= 11 is 5.15. The molecule has 1 N–H and O–H groups in total. The van der Waals surface area contributed by atoms with E-state index in [1.54, 1.807) is 6.92 Å². The molecule has 0 aliphatic carbocycles. The van der Waals surface area contributed by atoms with Crippen molar-refractivity contribution >= 4 is 23.3 Å². The number of nitrogens with one attached hydrogen (secondary N) is 1. The van der Waals surface area contributed by atoms with Gasteiger partial charge in [-0.2, -0.15) is 0 Å². The van der Waals surface area contributed by atoms with Crippen molar-refractivity contribution in [3.05, 3.63) is 58.1 Å². The Bertz CT molecular complexity index is 880. The molecular weight excluding hydrogens is 285 g/mol. The molecule has 20 heavy (non-hydrogen) atoms. The van der Waals surface area contributed by atoms with Crippen LogP contribution in [0.25, 0.3) is 16.7 Å². The Morgan fingerprint density at radius 3 is 2.55 bits per heavy atom. The van der Waals surface area contributed by atoms with E-state index >= 15 is 0 Å². The van der Waals surface area contributed by atoms with E-state index in [2.05, 4.69) is 4.98 Å². The van der Waals surface area contributed by atoms with E-state index in [9.17, 15) is 13.2 Å². The molecule has 102 valence electrons. The molecule has 0 aliphatic heterocycles. The summed E-state index contributed by atoms with van der Waals surface area (Å²) in [5.41, 5.74) is 1.49. The first kappa shape index (κ1) is 12.9. The fraction of sp³-hybridized carbons (Fsp3) is 0.0714. The summed E-state index contributed by atoms with van der Waals surface area (Å²) in [5, 5.41) is 0. The molecule has 0 amide bonds. The number of aryl methyl sites for hydroxylation is 1. The average Bonchev–Trinajstić information content (AvgIpc) is 2.72. The summed E-state index contributed by atoms with van der Waals surface area (Å²) in [5.74, 6) is -2.34. The zero-order chi connectivity index (χ0) is 14.4. The second kappa shape index (κ2) is 4.49. The van der Waals surface area contributed by atoms with Crippen molar-refractivity contribution in [1.29, 1.82) is 0 Å². The maximum absolute atomic E-state index is 14.0. The lowest BCUT2D eigenvalue weighted by Gasteiger charge is -2.09. The smallest absolute Gasteiger partial charge is 0.184 e. The molecule has 0 saturated heterocycles. The second-order valence-corrected chi connectivity index (χ2v) is 4.84. The van der Waals surface area contributed by atoms with Crippen molar-refractivity contribution in [3.63, 3.8) is 0 Å². The van der Waals surface area contributed by atoms with Gasteiger partial charge in [0.15, 0.2) is 16.4 Å². The van der Waals surface area contributed by atoms with E-state index in [0.717, 1.165) is 6.07 Å². The van der Waals surface area contributed by atoms with Gasteiger partial charge in [0.1, 0.15) is 11.3 Å². The number of nitrogens with zero attached hydrogens (tertiary/aromatic N) is 1. The van der Waals surface area contributed by atoms with Gasteiger partial charge in [0.25, 0.3) is 0 Å². The molecule has 0 saturated carbocycles.